The van der Waals surface area contributed by atoms with E-state index >= 15 is 0 Å². The second kappa shape index (κ2) is 11.2. The number of hydrogen-bond acceptors (Lipinski definition) is 6. The number of carbonyl (C=O) groups excluding carboxylic acids is 2. The summed E-state index contributed by atoms with van der Waals surface area (Å²) in [5, 5.41) is 21.6. The van der Waals surface area contributed by atoms with Crippen molar-refractivity contribution in [3.05, 3.63) is 113 Å². The smallest absolute Gasteiger partial charge is 0.343 e. The lowest BCUT2D eigenvalue weighted by Gasteiger charge is -2.27. The average Bonchev–Trinajstić information content (AvgIpc) is 2.88. The summed E-state index contributed by atoms with van der Waals surface area (Å²) >= 11 is 1.59. The Balaban J connectivity index is 1.53. The Morgan fingerprint density at radius 1 is 0.675 bits per heavy atom. The second-order valence-electron chi connectivity index (χ2n) is 11.8. The first-order valence-electron chi connectivity index (χ1n) is 13.0. The molecule has 0 saturated carbocycles. The quantitative estimate of drug-likeness (QED) is 0.142. The molecule has 0 unspecified atom stereocenters. The van der Waals surface area contributed by atoms with Crippen LogP contribution >= 0.6 is 11.8 Å². The van der Waals surface area contributed by atoms with Gasteiger partial charge in [0.1, 0.15) is 17.2 Å². The Hall–Kier alpha value is -4.03. The van der Waals surface area contributed by atoms with E-state index in [0.29, 0.717) is 22.3 Å². The van der Waals surface area contributed by atoms with E-state index in [0.717, 1.165) is 9.79 Å². The SMILES string of the molecule is CC(C)(C)c1cc(C(=O)Oc2ccc(C(=O)c3ccc(Sc4ccccc4)cc3)c(O)c2)cc(C(C)(C)C)c1O. The van der Waals surface area contributed by atoms with Gasteiger partial charge in [0.05, 0.1) is 11.1 Å². The minimum Gasteiger partial charge on any atom is -0.507 e. The van der Waals surface area contributed by atoms with Crippen molar-refractivity contribution in [2.24, 2.45) is 0 Å². The molecule has 0 atom stereocenters. The van der Waals surface area contributed by atoms with E-state index in [4.69, 9.17) is 4.74 Å². The predicted octanol–water partition coefficient (Wildman–Crippen LogP) is 8.29. The maximum atomic E-state index is 13.1. The highest BCUT2D eigenvalue weighted by Gasteiger charge is 2.28. The molecule has 0 aliphatic heterocycles. The molecule has 0 saturated heterocycles. The van der Waals surface area contributed by atoms with Crippen molar-refractivity contribution in [3.63, 3.8) is 0 Å². The molecule has 0 aliphatic carbocycles. The lowest BCUT2D eigenvalue weighted by atomic mass is 9.78. The van der Waals surface area contributed by atoms with Crippen LogP contribution in [0.4, 0.5) is 0 Å². The molecule has 6 heteroatoms. The fraction of sp³-hybridized carbons (Fsp3) is 0.235. The van der Waals surface area contributed by atoms with Crippen molar-refractivity contribution >= 4 is 23.5 Å². The standard InChI is InChI=1S/C34H34O5S/c1-33(2,3)27-18-22(19-28(31(27)37)34(4,5)6)32(38)39-23-14-17-26(29(35)20-23)30(36)21-12-15-25(16-13-21)40-24-10-8-7-9-11-24/h7-20,35,37H,1-6H3. The molecule has 0 heterocycles. The Bertz CT molecular complexity index is 1510. The first-order valence-corrected chi connectivity index (χ1v) is 13.9. The number of phenolic OH excluding ortho intramolecular Hbond substituents is 2. The normalized spacial score (nSPS) is 11.8. The molecule has 4 aromatic carbocycles. The number of phenols is 2. The van der Waals surface area contributed by atoms with Gasteiger partial charge in [-0.3, -0.25) is 4.79 Å². The summed E-state index contributed by atoms with van der Waals surface area (Å²) in [6.45, 7) is 11.8. The van der Waals surface area contributed by atoms with Gasteiger partial charge in [-0.05, 0) is 71.5 Å². The predicted molar refractivity (Wildman–Crippen MR) is 159 cm³/mol. The Kier molecular flexibility index (Phi) is 8.13. The number of ether oxygens (including phenoxy) is 1. The van der Waals surface area contributed by atoms with Crippen molar-refractivity contribution in [2.75, 3.05) is 0 Å². The van der Waals surface area contributed by atoms with E-state index in [1.54, 1.807) is 36.0 Å². The van der Waals surface area contributed by atoms with Crippen molar-refractivity contribution in [3.8, 4) is 17.2 Å². The molecular weight excluding hydrogens is 520 g/mol. The number of ketones is 1. The molecule has 0 spiro atoms. The lowest BCUT2D eigenvalue weighted by molar-refractivity contribution is 0.0734. The van der Waals surface area contributed by atoms with Crippen LogP contribution in [0.2, 0.25) is 0 Å². The van der Waals surface area contributed by atoms with Gasteiger partial charge < -0.3 is 14.9 Å². The third-order valence-corrected chi connectivity index (χ3v) is 7.50. The third-order valence-electron chi connectivity index (χ3n) is 6.48. The lowest BCUT2D eigenvalue weighted by Crippen LogP contribution is -2.20. The maximum absolute atomic E-state index is 13.1. The highest BCUT2D eigenvalue weighted by molar-refractivity contribution is 7.99. The number of carbonyl (C=O) groups is 2. The third kappa shape index (κ3) is 6.57. The molecule has 2 N–H and O–H groups in total. The largest absolute Gasteiger partial charge is 0.507 e. The fourth-order valence-electron chi connectivity index (χ4n) is 4.28. The zero-order valence-electron chi connectivity index (χ0n) is 23.6. The first-order chi connectivity index (χ1) is 18.7. The van der Waals surface area contributed by atoms with E-state index in [1.807, 2.05) is 84.0 Å². The van der Waals surface area contributed by atoms with Gasteiger partial charge in [0.25, 0.3) is 0 Å². The van der Waals surface area contributed by atoms with Gasteiger partial charge in [-0.15, -0.1) is 0 Å². The topological polar surface area (TPSA) is 83.8 Å². The van der Waals surface area contributed by atoms with Crippen LogP contribution in [0.15, 0.2) is 94.7 Å². The molecular formula is C34H34O5S. The number of benzene rings is 4. The van der Waals surface area contributed by atoms with Gasteiger partial charge in [0.2, 0.25) is 0 Å². The molecule has 40 heavy (non-hydrogen) atoms. The van der Waals surface area contributed by atoms with Crippen LogP contribution in [0.5, 0.6) is 17.2 Å². The average molecular weight is 555 g/mol. The number of aromatic hydroxyl groups is 2. The Morgan fingerprint density at radius 3 is 1.75 bits per heavy atom. The number of esters is 1. The van der Waals surface area contributed by atoms with Gasteiger partial charge in [-0.1, -0.05) is 71.5 Å². The van der Waals surface area contributed by atoms with Crippen molar-refractivity contribution in [2.45, 2.75) is 62.2 Å². The van der Waals surface area contributed by atoms with Crippen LogP contribution in [0.25, 0.3) is 0 Å². The van der Waals surface area contributed by atoms with E-state index < -0.39 is 16.8 Å². The second-order valence-corrected chi connectivity index (χ2v) is 12.9. The van der Waals surface area contributed by atoms with Gasteiger partial charge in [-0.25, -0.2) is 4.79 Å². The summed E-state index contributed by atoms with van der Waals surface area (Å²) in [6, 6.07) is 24.6. The molecule has 0 bridgehead atoms. The summed E-state index contributed by atoms with van der Waals surface area (Å²) in [5.74, 6) is -0.967. The van der Waals surface area contributed by atoms with Gasteiger partial charge in [0.15, 0.2) is 5.78 Å². The van der Waals surface area contributed by atoms with E-state index in [2.05, 4.69) is 0 Å². The highest BCUT2D eigenvalue weighted by atomic mass is 32.2. The van der Waals surface area contributed by atoms with Crippen LogP contribution in [0.3, 0.4) is 0 Å². The van der Waals surface area contributed by atoms with Crippen LogP contribution < -0.4 is 4.74 Å². The number of hydrogen-bond donors (Lipinski definition) is 2. The van der Waals surface area contributed by atoms with E-state index in [1.165, 1.54) is 18.2 Å². The summed E-state index contributed by atoms with van der Waals surface area (Å²) in [5.41, 5.74) is 1.32. The molecule has 206 valence electrons. The molecule has 0 fully saturated rings. The monoisotopic (exact) mass is 554 g/mol. The molecule has 4 aromatic rings. The van der Waals surface area contributed by atoms with Crippen molar-refractivity contribution < 1.29 is 24.5 Å². The molecule has 0 radical (unpaired) electrons. The summed E-state index contributed by atoms with van der Waals surface area (Å²) in [6.07, 6.45) is 0. The molecule has 0 aromatic heterocycles. The van der Waals surface area contributed by atoms with Gasteiger partial charge >= 0.3 is 5.97 Å². The Morgan fingerprint density at radius 2 is 1.23 bits per heavy atom. The molecule has 0 aliphatic rings. The van der Waals surface area contributed by atoms with Crippen molar-refractivity contribution in [1.29, 1.82) is 0 Å². The number of rotatable bonds is 6. The van der Waals surface area contributed by atoms with Crippen LogP contribution in [-0.2, 0) is 10.8 Å². The van der Waals surface area contributed by atoms with Crippen molar-refractivity contribution in [1.82, 2.24) is 0 Å². The summed E-state index contributed by atoms with van der Waals surface area (Å²) in [7, 11) is 0. The Labute approximate surface area is 239 Å². The zero-order valence-corrected chi connectivity index (χ0v) is 24.4. The minimum absolute atomic E-state index is 0.108. The zero-order chi connectivity index (χ0) is 29.2. The van der Waals surface area contributed by atoms with Crippen LogP contribution in [-0.4, -0.2) is 22.0 Å². The minimum atomic E-state index is -0.624. The van der Waals surface area contributed by atoms with Gasteiger partial charge in [0, 0.05) is 32.5 Å². The molecule has 5 nitrogen and oxygen atoms in total. The van der Waals surface area contributed by atoms with Gasteiger partial charge in [-0.2, -0.15) is 0 Å². The highest BCUT2D eigenvalue weighted by Crippen LogP contribution is 2.40. The summed E-state index contributed by atoms with van der Waals surface area (Å²) in [4.78, 5) is 28.3. The molecule has 4 rings (SSSR count). The van der Waals surface area contributed by atoms with Crippen LogP contribution in [0, 0.1) is 0 Å². The van der Waals surface area contributed by atoms with E-state index in [-0.39, 0.29) is 28.6 Å². The first kappa shape index (κ1) is 29.0. The van der Waals surface area contributed by atoms with Crippen LogP contribution in [0.1, 0.15) is 78.9 Å². The maximum Gasteiger partial charge on any atom is 0.343 e. The molecule has 0 amide bonds. The van der Waals surface area contributed by atoms with E-state index in [9.17, 15) is 19.8 Å². The fourth-order valence-corrected chi connectivity index (χ4v) is 5.12. The summed E-state index contributed by atoms with van der Waals surface area (Å²) < 4.78 is 5.57.